The quantitative estimate of drug-likeness (QED) is 0.624. The summed E-state index contributed by atoms with van der Waals surface area (Å²) in [5.41, 5.74) is 7.01. The van der Waals surface area contributed by atoms with Gasteiger partial charge in [0.15, 0.2) is 0 Å². The minimum Gasteiger partial charge on any atom is -0.328 e. The molecule has 1 aliphatic heterocycles. The zero-order valence-corrected chi connectivity index (χ0v) is 13.9. The summed E-state index contributed by atoms with van der Waals surface area (Å²) in [5, 5.41) is 0. The van der Waals surface area contributed by atoms with Gasteiger partial charge in [-0.15, -0.1) is 0 Å². The molecule has 1 fully saturated rings. The smallest absolute Gasteiger partial charge is 0.328 e. The van der Waals surface area contributed by atoms with Gasteiger partial charge >= 0.3 is 23.9 Å². The molecule has 0 atom stereocenters. The number of Topliss-reactive ketones (excluding diaryl/α,β-unsaturated/α-hetero) is 2. The van der Waals surface area contributed by atoms with Crippen LogP contribution in [0, 0.1) is 5.82 Å². The first-order valence-corrected chi connectivity index (χ1v) is 7.75. The Kier molecular flexibility index (Phi) is 7.90. The van der Waals surface area contributed by atoms with Crippen LogP contribution in [0.15, 0.2) is 24.3 Å². The summed E-state index contributed by atoms with van der Waals surface area (Å²) in [5.74, 6) is -6.98. The molecule has 0 bridgehead atoms. The molecule has 0 aliphatic carbocycles. The summed E-state index contributed by atoms with van der Waals surface area (Å²) in [6.07, 6.45) is -9.40. The first kappa shape index (κ1) is 23.0. The maximum Gasteiger partial charge on any atom is 0.458 e. The van der Waals surface area contributed by atoms with Crippen molar-refractivity contribution in [1.82, 2.24) is 4.90 Å². The van der Waals surface area contributed by atoms with Crippen molar-refractivity contribution < 1.29 is 40.3 Å². The third-order valence-corrected chi connectivity index (χ3v) is 3.67. The van der Waals surface area contributed by atoms with Crippen molar-refractivity contribution in [3.63, 3.8) is 0 Å². The summed E-state index contributed by atoms with van der Waals surface area (Å²) in [6, 6.07) is 7.11. The van der Waals surface area contributed by atoms with E-state index in [2.05, 4.69) is 4.90 Å². The van der Waals surface area contributed by atoms with E-state index in [9.17, 15) is 40.3 Å². The van der Waals surface area contributed by atoms with E-state index in [0.29, 0.717) is 6.04 Å². The number of carbonyl (C=O) groups is 2. The number of hydrogen-bond donors (Lipinski definition) is 1. The molecule has 1 aromatic carbocycles. The fourth-order valence-electron chi connectivity index (χ4n) is 2.22. The monoisotopic (exact) mass is 402 g/mol. The lowest BCUT2D eigenvalue weighted by molar-refractivity contribution is -0.193. The van der Waals surface area contributed by atoms with Crippen LogP contribution >= 0.6 is 0 Å². The van der Waals surface area contributed by atoms with Crippen LogP contribution in [-0.4, -0.2) is 48.0 Å². The standard InChI is InChI=1S/C12H17FN2.C4F6O2/c13-11-3-1-10(2-4-11)9-15-7-5-12(14)6-8-15;5-3(6,7)1(11)2(12)4(8,9)10/h1-4,12H,5-9,14H2;. The maximum atomic E-state index is 12.7. The van der Waals surface area contributed by atoms with Crippen LogP contribution in [0.25, 0.3) is 0 Å². The van der Waals surface area contributed by atoms with Gasteiger partial charge in [0.05, 0.1) is 0 Å². The van der Waals surface area contributed by atoms with Crippen molar-refractivity contribution in [2.24, 2.45) is 5.73 Å². The normalized spacial score (nSPS) is 16.4. The average Bonchev–Trinajstić information content (AvgIpc) is 2.56. The molecule has 1 aliphatic rings. The predicted octanol–water partition coefficient (Wildman–Crippen LogP) is 3.00. The molecule has 0 spiro atoms. The third-order valence-electron chi connectivity index (χ3n) is 3.67. The van der Waals surface area contributed by atoms with Gasteiger partial charge in [0.2, 0.25) is 0 Å². The second-order valence-corrected chi connectivity index (χ2v) is 5.89. The van der Waals surface area contributed by atoms with Crippen LogP contribution in [0.3, 0.4) is 0 Å². The predicted molar refractivity (Wildman–Crippen MR) is 81.0 cm³/mol. The van der Waals surface area contributed by atoms with Gasteiger partial charge in [-0.1, -0.05) is 12.1 Å². The Hall–Kier alpha value is -2.01. The van der Waals surface area contributed by atoms with Crippen molar-refractivity contribution in [3.05, 3.63) is 35.6 Å². The zero-order valence-electron chi connectivity index (χ0n) is 13.9. The third kappa shape index (κ3) is 8.04. The highest BCUT2D eigenvalue weighted by atomic mass is 19.4. The highest BCUT2D eigenvalue weighted by Gasteiger charge is 2.54. The molecule has 2 N–H and O–H groups in total. The summed E-state index contributed by atoms with van der Waals surface area (Å²) in [4.78, 5) is 21.6. The molecule has 0 unspecified atom stereocenters. The van der Waals surface area contributed by atoms with Crippen LogP contribution in [0.4, 0.5) is 30.7 Å². The molecule has 1 saturated heterocycles. The van der Waals surface area contributed by atoms with Gasteiger partial charge < -0.3 is 5.73 Å². The topological polar surface area (TPSA) is 63.4 Å². The number of benzene rings is 1. The van der Waals surface area contributed by atoms with Crippen molar-refractivity contribution in [2.45, 2.75) is 37.8 Å². The Bertz CT molecular complexity index is 610. The molecule has 1 aromatic rings. The minimum absolute atomic E-state index is 0.167. The molecule has 0 aromatic heterocycles. The number of nitrogens with zero attached hydrogens (tertiary/aromatic N) is 1. The van der Waals surface area contributed by atoms with Crippen molar-refractivity contribution >= 4 is 11.6 Å². The number of alkyl halides is 6. The summed E-state index contributed by atoms with van der Waals surface area (Å²) in [7, 11) is 0. The van der Waals surface area contributed by atoms with E-state index in [0.717, 1.165) is 32.5 Å². The fourth-order valence-corrected chi connectivity index (χ4v) is 2.22. The number of hydrogen-bond acceptors (Lipinski definition) is 4. The molecule has 0 radical (unpaired) electrons. The van der Waals surface area contributed by atoms with Crippen LogP contribution in [0.1, 0.15) is 18.4 Å². The number of rotatable bonds is 3. The lowest BCUT2D eigenvalue weighted by Crippen LogP contribution is -2.39. The van der Waals surface area contributed by atoms with Crippen molar-refractivity contribution in [3.8, 4) is 0 Å². The van der Waals surface area contributed by atoms with E-state index in [1.54, 1.807) is 0 Å². The number of piperidine rings is 1. The van der Waals surface area contributed by atoms with Gasteiger partial charge in [-0.25, -0.2) is 4.39 Å². The van der Waals surface area contributed by atoms with Gasteiger partial charge in [-0.05, 0) is 43.6 Å². The number of carbonyl (C=O) groups excluding carboxylic acids is 2. The Morgan fingerprint density at radius 1 is 0.926 bits per heavy atom. The minimum atomic E-state index is -5.77. The summed E-state index contributed by atoms with van der Waals surface area (Å²) < 4.78 is 79.6. The maximum absolute atomic E-state index is 12.7. The van der Waals surface area contributed by atoms with E-state index in [-0.39, 0.29) is 5.82 Å². The molecule has 0 amide bonds. The molecule has 4 nitrogen and oxygen atoms in total. The fraction of sp³-hybridized carbons (Fsp3) is 0.500. The largest absolute Gasteiger partial charge is 0.458 e. The van der Waals surface area contributed by atoms with E-state index < -0.39 is 23.9 Å². The first-order valence-electron chi connectivity index (χ1n) is 7.75. The first-order chi connectivity index (χ1) is 12.3. The van der Waals surface area contributed by atoms with Crippen LogP contribution in [0.5, 0.6) is 0 Å². The molecular formula is C16H17F7N2O2. The molecule has 0 saturated carbocycles. The molecule has 1 heterocycles. The lowest BCUT2D eigenvalue weighted by Gasteiger charge is -2.29. The van der Waals surface area contributed by atoms with E-state index in [4.69, 9.17) is 5.73 Å². The van der Waals surface area contributed by atoms with E-state index >= 15 is 0 Å². The van der Waals surface area contributed by atoms with Crippen LogP contribution in [0.2, 0.25) is 0 Å². The highest BCUT2D eigenvalue weighted by molar-refractivity contribution is 6.41. The zero-order chi connectivity index (χ0) is 20.8. The molecule has 152 valence electrons. The molecule has 11 heteroatoms. The Morgan fingerprint density at radius 3 is 1.70 bits per heavy atom. The van der Waals surface area contributed by atoms with E-state index in [1.165, 1.54) is 17.7 Å². The second kappa shape index (κ2) is 9.27. The van der Waals surface area contributed by atoms with Crippen LogP contribution in [-0.2, 0) is 16.1 Å². The Balaban J connectivity index is 0.000000279. The number of nitrogens with two attached hydrogens (primary N) is 1. The van der Waals surface area contributed by atoms with Gasteiger partial charge in [-0.3, -0.25) is 14.5 Å². The number of ketones is 2. The van der Waals surface area contributed by atoms with Crippen LogP contribution < -0.4 is 5.73 Å². The van der Waals surface area contributed by atoms with Gasteiger partial charge in [0.1, 0.15) is 5.82 Å². The molecular weight excluding hydrogens is 385 g/mol. The van der Waals surface area contributed by atoms with Crippen molar-refractivity contribution in [2.75, 3.05) is 13.1 Å². The van der Waals surface area contributed by atoms with Gasteiger partial charge in [-0.2, -0.15) is 26.3 Å². The summed E-state index contributed by atoms with van der Waals surface area (Å²) >= 11 is 0. The van der Waals surface area contributed by atoms with Gasteiger partial charge in [0, 0.05) is 12.6 Å². The number of likely N-dealkylation sites (tertiary alicyclic amines) is 1. The van der Waals surface area contributed by atoms with Crippen molar-refractivity contribution in [1.29, 1.82) is 0 Å². The Labute approximate surface area is 150 Å². The average molecular weight is 402 g/mol. The summed E-state index contributed by atoms with van der Waals surface area (Å²) in [6.45, 7) is 3.02. The number of halogens is 7. The Morgan fingerprint density at radius 2 is 1.33 bits per heavy atom. The SMILES string of the molecule is NC1CCN(Cc2ccc(F)cc2)CC1.O=C(C(=O)C(F)(F)F)C(F)(F)F. The molecule has 2 rings (SSSR count). The molecule has 27 heavy (non-hydrogen) atoms. The second-order valence-electron chi connectivity index (χ2n) is 5.89. The highest BCUT2D eigenvalue weighted by Crippen LogP contribution is 2.24. The van der Waals surface area contributed by atoms with E-state index in [1.807, 2.05) is 12.1 Å². The van der Waals surface area contributed by atoms with Gasteiger partial charge in [0.25, 0.3) is 0 Å². The lowest BCUT2D eigenvalue weighted by atomic mass is 10.1.